The van der Waals surface area contributed by atoms with Crippen molar-refractivity contribution in [3.63, 3.8) is 0 Å². The number of benzene rings is 2. The summed E-state index contributed by atoms with van der Waals surface area (Å²) in [5.74, 6) is -3.25. The zero-order chi connectivity index (χ0) is 17.4. The number of halogens is 6. The average Bonchev–Trinajstić information content (AvgIpc) is 2.40. The molecule has 0 fully saturated rings. The number of ether oxygens (including phenoxy) is 1. The highest BCUT2D eigenvalue weighted by molar-refractivity contribution is 5.48. The molecule has 0 atom stereocenters. The smallest absolute Gasteiger partial charge is 0.420 e. The Kier molecular flexibility index (Phi) is 4.06. The molecule has 0 saturated carbocycles. The zero-order valence-corrected chi connectivity index (χ0v) is 11.0. The maximum absolute atomic E-state index is 12.9. The van der Waals surface area contributed by atoms with Gasteiger partial charge in [0.1, 0.15) is 34.1 Å². The molecule has 9 heteroatoms. The van der Waals surface area contributed by atoms with E-state index in [2.05, 4.69) is 0 Å². The first-order valence-corrected chi connectivity index (χ1v) is 5.97. The van der Waals surface area contributed by atoms with Gasteiger partial charge < -0.3 is 14.9 Å². The van der Waals surface area contributed by atoms with E-state index in [4.69, 9.17) is 14.9 Å². The van der Waals surface area contributed by atoms with E-state index < -0.39 is 46.5 Å². The van der Waals surface area contributed by atoms with Gasteiger partial charge in [-0.25, -0.2) is 0 Å². The molecular weight excluding hydrogens is 330 g/mol. The third-order valence-electron chi connectivity index (χ3n) is 2.76. The minimum atomic E-state index is -4.94. The molecule has 2 aromatic rings. The molecule has 2 aromatic carbocycles. The highest BCUT2D eigenvalue weighted by atomic mass is 19.4. The Balaban J connectivity index is 2.53. The lowest BCUT2D eigenvalue weighted by atomic mass is 10.1. The second-order valence-electron chi connectivity index (χ2n) is 4.46. The van der Waals surface area contributed by atoms with Crippen LogP contribution in [0.2, 0.25) is 0 Å². The van der Waals surface area contributed by atoms with E-state index in [-0.39, 0.29) is 0 Å². The largest absolute Gasteiger partial charge is 0.508 e. The Bertz CT molecular complexity index is 660. The van der Waals surface area contributed by atoms with E-state index in [0.29, 0.717) is 24.3 Å². The first kappa shape index (κ1) is 16.8. The fraction of sp³-hybridized carbons (Fsp3) is 0.143. The normalized spacial score (nSPS) is 12.3. The Hall–Kier alpha value is -2.58. The van der Waals surface area contributed by atoms with E-state index in [1.54, 1.807) is 0 Å². The molecule has 124 valence electrons. The van der Waals surface area contributed by atoms with Crippen LogP contribution in [0.5, 0.6) is 23.0 Å². The quantitative estimate of drug-likeness (QED) is 0.764. The van der Waals surface area contributed by atoms with Crippen molar-refractivity contribution in [3.8, 4) is 23.0 Å². The number of hydrogen-bond acceptors (Lipinski definition) is 3. The molecule has 23 heavy (non-hydrogen) atoms. The van der Waals surface area contributed by atoms with Gasteiger partial charge in [-0.1, -0.05) is 0 Å². The molecule has 0 aromatic heterocycles. The van der Waals surface area contributed by atoms with E-state index >= 15 is 0 Å². The molecule has 0 spiro atoms. The third-order valence-corrected chi connectivity index (χ3v) is 2.76. The van der Waals surface area contributed by atoms with Crippen LogP contribution < -0.4 is 4.74 Å². The molecule has 0 aliphatic heterocycles. The topological polar surface area (TPSA) is 49.7 Å². The fourth-order valence-electron chi connectivity index (χ4n) is 1.78. The van der Waals surface area contributed by atoms with Gasteiger partial charge in [0, 0.05) is 0 Å². The summed E-state index contributed by atoms with van der Waals surface area (Å²) in [5.41, 5.74) is -2.86. The van der Waals surface area contributed by atoms with Crippen LogP contribution in [-0.2, 0) is 12.4 Å². The van der Waals surface area contributed by atoms with Crippen LogP contribution in [0.15, 0.2) is 36.4 Å². The summed E-state index contributed by atoms with van der Waals surface area (Å²) in [7, 11) is 0. The van der Waals surface area contributed by atoms with Crippen LogP contribution in [0.1, 0.15) is 11.1 Å². The predicted octanol–water partition coefficient (Wildman–Crippen LogP) is 4.93. The van der Waals surface area contributed by atoms with Gasteiger partial charge in [-0.15, -0.1) is 0 Å². The van der Waals surface area contributed by atoms with Crippen molar-refractivity contribution in [2.45, 2.75) is 12.4 Å². The van der Waals surface area contributed by atoms with Gasteiger partial charge in [0.25, 0.3) is 0 Å². The highest BCUT2D eigenvalue weighted by Crippen LogP contribution is 2.44. The van der Waals surface area contributed by atoms with Crippen molar-refractivity contribution in [2.24, 2.45) is 0 Å². The average molecular weight is 338 g/mol. The SMILES string of the molecule is Oc1ccc(Oc2ccc(O)cc2C(F)(F)F)c(C(F)(F)F)c1. The van der Waals surface area contributed by atoms with Gasteiger partial charge in [-0.3, -0.25) is 0 Å². The number of hydrogen-bond donors (Lipinski definition) is 2. The molecule has 2 N–H and O–H groups in total. The van der Waals surface area contributed by atoms with Gasteiger partial charge in [-0.05, 0) is 36.4 Å². The maximum atomic E-state index is 12.9. The van der Waals surface area contributed by atoms with Crippen LogP contribution >= 0.6 is 0 Å². The maximum Gasteiger partial charge on any atom is 0.420 e. The molecule has 0 unspecified atom stereocenters. The lowest BCUT2D eigenvalue weighted by Crippen LogP contribution is -2.10. The van der Waals surface area contributed by atoms with Gasteiger partial charge in [0.15, 0.2) is 0 Å². The summed E-state index contributed by atoms with van der Waals surface area (Å²) >= 11 is 0. The molecule has 0 bridgehead atoms. The summed E-state index contributed by atoms with van der Waals surface area (Å²) in [5, 5.41) is 18.2. The Morgan fingerprint density at radius 2 is 1.00 bits per heavy atom. The van der Waals surface area contributed by atoms with Crippen molar-refractivity contribution >= 4 is 0 Å². The predicted molar refractivity (Wildman–Crippen MR) is 66.3 cm³/mol. The van der Waals surface area contributed by atoms with Gasteiger partial charge >= 0.3 is 12.4 Å². The highest BCUT2D eigenvalue weighted by Gasteiger charge is 2.38. The van der Waals surface area contributed by atoms with Crippen molar-refractivity contribution in [1.29, 1.82) is 0 Å². The first-order valence-electron chi connectivity index (χ1n) is 5.97. The van der Waals surface area contributed by atoms with Crippen LogP contribution in [0.25, 0.3) is 0 Å². The van der Waals surface area contributed by atoms with Crippen molar-refractivity contribution < 1.29 is 41.3 Å². The third kappa shape index (κ3) is 3.79. The lowest BCUT2D eigenvalue weighted by Gasteiger charge is -2.17. The summed E-state index contributed by atoms with van der Waals surface area (Å²) < 4.78 is 82.0. The van der Waals surface area contributed by atoms with Crippen molar-refractivity contribution in [3.05, 3.63) is 47.5 Å². The zero-order valence-electron chi connectivity index (χ0n) is 11.0. The molecule has 0 aliphatic carbocycles. The second-order valence-corrected chi connectivity index (χ2v) is 4.46. The lowest BCUT2D eigenvalue weighted by molar-refractivity contribution is -0.139. The fourth-order valence-corrected chi connectivity index (χ4v) is 1.78. The van der Waals surface area contributed by atoms with Crippen molar-refractivity contribution in [2.75, 3.05) is 0 Å². The van der Waals surface area contributed by atoms with Gasteiger partial charge in [0.05, 0.1) is 0 Å². The number of aromatic hydroxyl groups is 2. The molecule has 3 nitrogen and oxygen atoms in total. The second kappa shape index (κ2) is 5.56. The molecule has 0 heterocycles. The van der Waals surface area contributed by atoms with Crippen molar-refractivity contribution in [1.82, 2.24) is 0 Å². The molecule has 0 saturated heterocycles. The Labute approximate surface area is 125 Å². The van der Waals surface area contributed by atoms with Crippen LogP contribution in [0, 0.1) is 0 Å². The first-order chi connectivity index (χ1) is 10.5. The monoisotopic (exact) mass is 338 g/mol. The number of alkyl halides is 6. The summed E-state index contributed by atoms with van der Waals surface area (Å²) in [6, 6.07) is 3.76. The van der Waals surface area contributed by atoms with Crippen LogP contribution in [0.4, 0.5) is 26.3 Å². The number of rotatable bonds is 2. The standard InChI is InChI=1S/C14H8F6O3/c15-13(16,17)9-5-7(21)1-3-11(9)23-12-4-2-8(22)6-10(12)14(18,19)20/h1-6,21-22H. The molecular formula is C14H8F6O3. The summed E-state index contributed by atoms with van der Waals surface area (Å²) in [6.07, 6.45) is -9.88. The minimum Gasteiger partial charge on any atom is -0.508 e. The van der Waals surface area contributed by atoms with E-state index in [0.717, 1.165) is 12.1 Å². The molecule has 0 radical (unpaired) electrons. The van der Waals surface area contributed by atoms with Crippen LogP contribution in [0.3, 0.4) is 0 Å². The van der Waals surface area contributed by atoms with Gasteiger partial charge in [-0.2, -0.15) is 26.3 Å². The van der Waals surface area contributed by atoms with E-state index in [1.807, 2.05) is 0 Å². The molecule has 0 amide bonds. The van der Waals surface area contributed by atoms with E-state index in [1.165, 1.54) is 0 Å². The number of phenolic OH excluding ortho intramolecular Hbond substituents is 2. The molecule has 0 aliphatic rings. The summed E-state index contributed by atoms with van der Waals surface area (Å²) in [6.45, 7) is 0. The van der Waals surface area contributed by atoms with E-state index in [9.17, 15) is 26.3 Å². The van der Waals surface area contributed by atoms with Gasteiger partial charge in [0.2, 0.25) is 0 Å². The Morgan fingerprint density at radius 3 is 1.30 bits per heavy atom. The minimum absolute atomic E-state index is 0.336. The summed E-state index contributed by atoms with van der Waals surface area (Å²) in [4.78, 5) is 0. The molecule has 2 rings (SSSR count). The number of phenols is 2. The Morgan fingerprint density at radius 1 is 0.652 bits per heavy atom. The van der Waals surface area contributed by atoms with Crippen LogP contribution in [-0.4, -0.2) is 10.2 Å².